The smallest absolute Gasteiger partial charge is 0.388 e. The van der Waals surface area contributed by atoms with E-state index in [1.165, 1.54) is 27.6 Å². The van der Waals surface area contributed by atoms with Gasteiger partial charge in [-0.2, -0.15) is 0 Å². The Bertz CT molecular complexity index is 6680. The van der Waals surface area contributed by atoms with Crippen LogP contribution >= 0.6 is 0 Å². The second-order valence-corrected chi connectivity index (χ2v) is 24.9. The summed E-state index contributed by atoms with van der Waals surface area (Å²) in [6, 6.07) is 94.8. The normalized spacial score (nSPS) is 12.1. The molecular weight excluding hydrogens is 1190 g/mol. The summed E-state index contributed by atoms with van der Waals surface area (Å²) in [5, 5.41) is 14.2. The van der Waals surface area contributed by atoms with Crippen molar-refractivity contribution >= 4 is 109 Å². The fourth-order valence-electron chi connectivity index (χ4n) is 15.0. The number of fused-ring (bicyclic) bond motifs is 15. The Morgan fingerprint density at radius 2 is 0.732 bits per heavy atom. The van der Waals surface area contributed by atoms with Crippen molar-refractivity contribution in [2.45, 2.75) is 0 Å². The molecule has 21 rings (SSSR count). The lowest BCUT2D eigenvalue weighted by molar-refractivity contribution is -0.573. The average molecular weight is 1240 g/mol. The van der Waals surface area contributed by atoms with E-state index in [1.54, 1.807) is 6.20 Å². The Hall–Kier alpha value is -13.4. The van der Waals surface area contributed by atoms with Gasteiger partial charge in [-0.25, -0.2) is 34.9 Å². The van der Waals surface area contributed by atoms with Crippen molar-refractivity contribution in [1.82, 2.24) is 34.9 Å². The molecule has 11 nitrogen and oxygen atoms in total. The van der Waals surface area contributed by atoms with E-state index in [2.05, 4.69) is 229 Å². The molecule has 0 saturated heterocycles. The Kier molecular flexibility index (Phi) is 11.3. The first-order valence-corrected chi connectivity index (χ1v) is 32.3. The summed E-state index contributed by atoms with van der Waals surface area (Å²) in [6.45, 7) is 0. The molecule has 20 aromatic rings. The first-order valence-electron chi connectivity index (χ1n) is 32.3. The second-order valence-electron chi connectivity index (χ2n) is 24.9. The maximum atomic E-state index is 7.16. The minimum Gasteiger partial charge on any atom is -0.449 e. The van der Waals surface area contributed by atoms with Crippen LogP contribution in [0.25, 0.3) is 217 Å². The van der Waals surface area contributed by atoms with Gasteiger partial charge in [0.25, 0.3) is 5.69 Å². The molecule has 0 unspecified atom stereocenters. The van der Waals surface area contributed by atoms with E-state index in [0.29, 0.717) is 57.5 Å². The van der Waals surface area contributed by atoms with Crippen LogP contribution in [0.2, 0.25) is 0 Å². The molecule has 448 valence electrons. The number of pyridine rings is 2. The molecule has 0 N–H and O–H groups in total. The number of furan rings is 3. The van der Waals surface area contributed by atoms with Crippen LogP contribution in [0.3, 0.4) is 0 Å². The summed E-state index contributed by atoms with van der Waals surface area (Å²) in [6.07, 6.45) is 3.86. The minimum atomic E-state index is 0.473. The summed E-state index contributed by atoms with van der Waals surface area (Å²) in [4.78, 5) is 37.2. The molecule has 0 bridgehead atoms. The van der Waals surface area contributed by atoms with Gasteiger partial charge >= 0.3 is 5.71 Å². The first-order chi connectivity index (χ1) is 48.0. The third kappa shape index (κ3) is 8.15. The predicted molar refractivity (Wildman–Crippen MR) is 387 cm³/mol. The highest BCUT2D eigenvalue weighted by atomic mass is 16.3. The fourth-order valence-corrected chi connectivity index (χ4v) is 15.0. The zero-order valence-corrected chi connectivity index (χ0v) is 51.4. The van der Waals surface area contributed by atoms with Crippen molar-refractivity contribution in [3.63, 3.8) is 0 Å². The number of rotatable bonds is 8. The average Bonchev–Trinajstić information content (AvgIpc) is 1.62. The molecule has 0 spiro atoms. The van der Waals surface area contributed by atoms with Gasteiger partial charge in [0.1, 0.15) is 22.1 Å². The van der Waals surface area contributed by atoms with E-state index < -0.39 is 0 Å². The lowest BCUT2D eigenvalue weighted by atomic mass is 9.93. The molecule has 13 aromatic carbocycles. The largest absolute Gasteiger partial charge is 0.449 e. The Labute approximate surface area is 551 Å². The van der Waals surface area contributed by atoms with Crippen LogP contribution in [-0.4, -0.2) is 34.9 Å². The van der Waals surface area contributed by atoms with Crippen LogP contribution in [0.1, 0.15) is 0 Å². The summed E-state index contributed by atoms with van der Waals surface area (Å²) in [5.41, 5.74) is 16.5. The quantitative estimate of drug-likeness (QED) is 0.135. The maximum Gasteiger partial charge on any atom is 0.388 e. The predicted octanol–water partition coefficient (Wildman–Crippen LogP) is 21.4. The molecule has 11 heteroatoms. The summed E-state index contributed by atoms with van der Waals surface area (Å²) in [7, 11) is 0. The standard InChI is InChI=1S/C86H47N8O3/c1-3-18-50-44-53(34-32-48(50)16-1)79-88-80(54-35-33-49-17-2-4-19-51(49)45-54)90-81(89-79)55-46-52-20-5-6-21-56(52)69(47-55)62-41-43-94(86-77(62)66-26-11-14-31-73(66)97-86)70-39-38-67(75-64-24-9-12-29-71(64)95-78(70)75)83-91-82(63-37-36-61-58-23-8-7-22-57(58)59-27-15-28-60(63)74(59)61)92-84(93-83)68-40-42-87-85-76(68)65-25-10-13-30-72(65)96-85/h1-47H/q+1. The number of benzene rings is 13. The Morgan fingerprint density at radius 1 is 0.258 bits per heavy atom. The van der Waals surface area contributed by atoms with Crippen LogP contribution in [0.15, 0.2) is 299 Å². The van der Waals surface area contributed by atoms with Gasteiger partial charge in [-0.05, 0) is 132 Å². The number of para-hydroxylation sites is 3. The zero-order valence-electron chi connectivity index (χ0n) is 51.4. The van der Waals surface area contributed by atoms with E-state index in [0.717, 1.165) is 131 Å². The second kappa shape index (κ2) is 20.6. The first kappa shape index (κ1) is 53.2. The van der Waals surface area contributed by atoms with Gasteiger partial charge in [-0.1, -0.05) is 200 Å². The maximum absolute atomic E-state index is 7.16. The molecular formula is C86H47N8O3+. The van der Waals surface area contributed by atoms with E-state index in [4.69, 9.17) is 48.1 Å². The molecule has 0 amide bonds. The summed E-state index contributed by atoms with van der Waals surface area (Å²) >= 11 is 0. The molecule has 0 aliphatic heterocycles. The lowest BCUT2D eigenvalue weighted by Crippen LogP contribution is -2.31. The van der Waals surface area contributed by atoms with E-state index in [9.17, 15) is 0 Å². The van der Waals surface area contributed by atoms with Crippen LogP contribution in [0.4, 0.5) is 0 Å². The fraction of sp³-hybridized carbons (Fsp3) is 0. The van der Waals surface area contributed by atoms with Crippen molar-refractivity contribution in [1.29, 1.82) is 0 Å². The van der Waals surface area contributed by atoms with Gasteiger partial charge in [0.15, 0.2) is 41.1 Å². The van der Waals surface area contributed by atoms with Crippen molar-refractivity contribution in [2.24, 2.45) is 0 Å². The van der Waals surface area contributed by atoms with Crippen molar-refractivity contribution in [3.05, 3.63) is 285 Å². The van der Waals surface area contributed by atoms with Crippen molar-refractivity contribution < 1.29 is 17.8 Å². The van der Waals surface area contributed by atoms with Crippen LogP contribution in [0.5, 0.6) is 0 Å². The minimum absolute atomic E-state index is 0.473. The Morgan fingerprint density at radius 3 is 1.42 bits per heavy atom. The number of nitrogens with zero attached hydrogens (tertiary/aromatic N) is 8. The van der Waals surface area contributed by atoms with Gasteiger partial charge in [0.2, 0.25) is 11.3 Å². The van der Waals surface area contributed by atoms with Gasteiger partial charge in [0.05, 0.1) is 5.39 Å². The highest BCUT2D eigenvalue weighted by Crippen LogP contribution is 2.50. The molecule has 0 fully saturated rings. The van der Waals surface area contributed by atoms with Gasteiger partial charge in [0, 0.05) is 78.8 Å². The topological polar surface area (TPSA) is 134 Å². The monoisotopic (exact) mass is 1240 g/mol. The number of hydrogen-bond acceptors (Lipinski definition) is 10. The van der Waals surface area contributed by atoms with Crippen molar-refractivity contribution in [3.8, 4) is 107 Å². The zero-order chi connectivity index (χ0) is 63.4. The Balaban J connectivity index is 0.770. The summed E-state index contributed by atoms with van der Waals surface area (Å²) in [5.74, 6) is 3.20. The van der Waals surface area contributed by atoms with Gasteiger partial charge in [-0.15, -0.1) is 4.57 Å². The van der Waals surface area contributed by atoms with Crippen LogP contribution in [0, 0.1) is 0 Å². The van der Waals surface area contributed by atoms with Gasteiger partial charge in [-0.3, -0.25) is 0 Å². The third-order valence-corrected chi connectivity index (χ3v) is 19.5. The highest BCUT2D eigenvalue weighted by molar-refractivity contribution is 6.20. The molecule has 7 aromatic heterocycles. The van der Waals surface area contributed by atoms with Gasteiger partial charge < -0.3 is 13.3 Å². The molecule has 0 atom stereocenters. The molecule has 1 aliphatic rings. The molecule has 0 saturated carbocycles. The highest BCUT2D eigenvalue weighted by Gasteiger charge is 2.31. The van der Waals surface area contributed by atoms with E-state index in [-0.39, 0.29) is 0 Å². The third-order valence-electron chi connectivity index (χ3n) is 19.5. The lowest BCUT2D eigenvalue weighted by Gasteiger charge is -2.13. The number of hydrogen-bond donors (Lipinski definition) is 0. The van der Waals surface area contributed by atoms with Crippen molar-refractivity contribution in [2.75, 3.05) is 0 Å². The van der Waals surface area contributed by atoms with Crippen LogP contribution in [-0.2, 0) is 0 Å². The van der Waals surface area contributed by atoms with E-state index >= 15 is 0 Å². The summed E-state index contributed by atoms with van der Waals surface area (Å²) < 4.78 is 22.8. The van der Waals surface area contributed by atoms with E-state index in [1.807, 2.05) is 54.6 Å². The van der Waals surface area contributed by atoms with Crippen LogP contribution < -0.4 is 4.57 Å². The SMILES string of the molecule is c1ccc2c(c1)-c1cccc3c(-c4nc(-c5ccnc6oc7ccccc7c56)nc(-c5ccc(-[n+]6ccc(-c7cc(-c8nc(-c9ccc%10ccccc%10c9)nc(-c9ccc%10ccccc%10c9)n8)cc8ccccc78)c7c8ccccc8oc76)c6oc7ccccc7c56)n4)ccc-2c13. The molecule has 7 heterocycles. The molecule has 1 aliphatic carbocycles. The molecule has 97 heavy (non-hydrogen) atoms. The molecule has 0 radical (unpaired) electrons. The number of aromatic nitrogens is 8.